The SMILES string of the molecule is CCC1CN(C/C=C/CS)CCS1. The molecule has 0 bridgehead atoms. The molecule has 0 aromatic heterocycles. The van der Waals surface area contributed by atoms with Crippen molar-refractivity contribution in [3.05, 3.63) is 12.2 Å². The van der Waals surface area contributed by atoms with Crippen LogP contribution < -0.4 is 0 Å². The fourth-order valence-corrected chi connectivity index (χ4v) is 2.89. The van der Waals surface area contributed by atoms with Gasteiger partial charge in [0.25, 0.3) is 0 Å². The maximum atomic E-state index is 4.15. The molecule has 1 nitrogen and oxygen atoms in total. The third-order valence-corrected chi connectivity index (χ3v) is 3.90. The number of thioether (sulfide) groups is 1. The number of hydrogen-bond donors (Lipinski definition) is 1. The lowest BCUT2D eigenvalue weighted by atomic mass is 10.3. The van der Waals surface area contributed by atoms with Crippen molar-refractivity contribution in [1.82, 2.24) is 4.90 Å². The Bertz CT molecular complexity index is 159. The Morgan fingerprint density at radius 3 is 3.08 bits per heavy atom. The first kappa shape index (κ1) is 11.5. The Balaban J connectivity index is 2.21. The molecular formula is C10H19NS2. The van der Waals surface area contributed by atoms with Crippen molar-refractivity contribution in [1.29, 1.82) is 0 Å². The van der Waals surface area contributed by atoms with Crippen LogP contribution in [-0.2, 0) is 0 Å². The van der Waals surface area contributed by atoms with Crippen LogP contribution >= 0.6 is 24.4 Å². The maximum Gasteiger partial charge on any atom is 0.0172 e. The predicted octanol–water partition coefficient (Wildman–Crippen LogP) is 2.30. The van der Waals surface area contributed by atoms with Gasteiger partial charge >= 0.3 is 0 Å². The fraction of sp³-hybridized carbons (Fsp3) is 0.800. The van der Waals surface area contributed by atoms with Gasteiger partial charge in [0.2, 0.25) is 0 Å². The summed E-state index contributed by atoms with van der Waals surface area (Å²) in [5, 5.41) is 0.859. The minimum absolute atomic E-state index is 0.859. The second-order valence-electron chi connectivity index (χ2n) is 3.31. The molecule has 0 aromatic carbocycles. The Hall–Kier alpha value is 0.400. The average Bonchev–Trinajstić information content (AvgIpc) is 2.19. The number of rotatable bonds is 4. The highest BCUT2D eigenvalue weighted by atomic mass is 32.2. The van der Waals surface area contributed by atoms with Crippen LogP contribution in [0.2, 0.25) is 0 Å². The predicted molar refractivity (Wildman–Crippen MR) is 66.0 cm³/mol. The van der Waals surface area contributed by atoms with E-state index in [0.717, 1.165) is 17.5 Å². The number of hydrogen-bond acceptors (Lipinski definition) is 3. The molecule has 0 aromatic rings. The molecular weight excluding hydrogens is 198 g/mol. The second-order valence-corrected chi connectivity index (χ2v) is 5.09. The summed E-state index contributed by atoms with van der Waals surface area (Å²) in [4.78, 5) is 2.53. The van der Waals surface area contributed by atoms with E-state index in [0.29, 0.717) is 0 Å². The van der Waals surface area contributed by atoms with E-state index in [1.165, 1.54) is 25.3 Å². The summed E-state index contributed by atoms with van der Waals surface area (Å²) in [7, 11) is 0. The highest BCUT2D eigenvalue weighted by molar-refractivity contribution is 8.00. The molecule has 1 atom stereocenters. The molecule has 0 saturated carbocycles. The minimum atomic E-state index is 0.859. The summed E-state index contributed by atoms with van der Waals surface area (Å²) in [6.45, 7) is 5.90. The van der Waals surface area contributed by atoms with Crippen molar-refractivity contribution >= 4 is 24.4 Å². The van der Waals surface area contributed by atoms with Crippen molar-refractivity contribution < 1.29 is 0 Å². The fourth-order valence-electron chi connectivity index (χ4n) is 1.49. The van der Waals surface area contributed by atoms with Crippen molar-refractivity contribution in [2.75, 3.05) is 31.1 Å². The van der Waals surface area contributed by atoms with Crippen molar-refractivity contribution in [2.24, 2.45) is 0 Å². The summed E-state index contributed by atoms with van der Waals surface area (Å²) in [6.07, 6.45) is 5.67. The molecule has 0 amide bonds. The van der Waals surface area contributed by atoms with Gasteiger partial charge in [0, 0.05) is 36.4 Å². The quantitative estimate of drug-likeness (QED) is 0.568. The zero-order valence-electron chi connectivity index (χ0n) is 8.28. The molecule has 1 unspecified atom stereocenters. The first-order chi connectivity index (χ1) is 6.36. The van der Waals surface area contributed by atoms with E-state index in [2.05, 4.69) is 48.4 Å². The molecule has 0 spiro atoms. The van der Waals surface area contributed by atoms with Gasteiger partial charge in [0.05, 0.1) is 0 Å². The molecule has 1 rings (SSSR count). The first-order valence-electron chi connectivity index (χ1n) is 4.96. The molecule has 3 heteroatoms. The van der Waals surface area contributed by atoms with E-state index in [9.17, 15) is 0 Å². The van der Waals surface area contributed by atoms with Gasteiger partial charge in [0.1, 0.15) is 0 Å². The van der Waals surface area contributed by atoms with Gasteiger partial charge < -0.3 is 0 Å². The van der Waals surface area contributed by atoms with Gasteiger partial charge in [-0.2, -0.15) is 24.4 Å². The maximum absolute atomic E-state index is 4.15. The molecule has 1 aliphatic heterocycles. The van der Waals surface area contributed by atoms with E-state index in [1.54, 1.807) is 0 Å². The zero-order chi connectivity index (χ0) is 9.52. The van der Waals surface area contributed by atoms with E-state index < -0.39 is 0 Å². The van der Waals surface area contributed by atoms with Crippen LogP contribution in [0.4, 0.5) is 0 Å². The third-order valence-electron chi connectivity index (χ3n) is 2.31. The van der Waals surface area contributed by atoms with Gasteiger partial charge in [-0.25, -0.2) is 0 Å². The summed E-state index contributed by atoms with van der Waals surface area (Å²) in [5.41, 5.74) is 0. The topological polar surface area (TPSA) is 3.24 Å². The lowest BCUT2D eigenvalue weighted by molar-refractivity contribution is 0.311. The van der Waals surface area contributed by atoms with Crippen LogP contribution in [0, 0.1) is 0 Å². The standard InChI is InChI=1S/C10H19NS2/c1-2-10-9-11(6-8-13-10)5-3-4-7-12/h3-4,10,12H,2,5-9H2,1H3/b4-3+. The summed E-state index contributed by atoms with van der Waals surface area (Å²) in [6, 6.07) is 0. The van der Waals surface area contributed by atoms with Crippen molar-refractivity contribution in [3.8, 4) is 0 Å². The molecule has 1 fully saturated rings. The van der Waals surface area contributed by atoms with E-state index in [1.807, 2.05) is 0 Å². The van der Waals surface area contributed by atoms with Crippen molar-refractivity contribution in [2.45, 2.75) is 18.6 Å². The zero-order valence-corrected chi connectivity index (χ0v) is 9.99. The Morgan fingerprint density at radius 2 is 2.38 bits per heavy atom. The van der Waals surface area contributed by atoms with Gasteiger partial charge in [-0.15, -0.1) is 0 Å². The van der Waals surface area contributed by atoms with Crippen molar-refractivity contribution in [3.63, 3.8) is 0 Å². The molecule has 76 valence electrons. The van der Waals surface area contributed by atoms with Crippen LogP contribution in [0.5, 0.6) is 0 Å². The molecule has 0 aliphatic carbocycles. The van der Waals surface area contributed by atoms with Gasteiger partial charge in [0.15, 0.2) is 0 Å². The Morgan fingerprint density at radius 1 is 1.54 bits per heavy atom. The van der Waals surface area contributed by atoms with Crippen LogP contribution in [-0.4, -0.2) is 41.3 Å². The van der Waals surface area contributed by atoms with E-state index in [-0.39, 0.29) is 0 Å². The molecule has 0 radical (unpaired) electrons. The second kappa shape index (κ2) is 6.80. The summed E-state index contributed by atoms with van der Waals surface area (Å²) in [5.74, 6) is 2.16. The van der Waals surface area contributed by atoms with E-state index in [4.69, 9.17) is 0 Å². The molecule has 0 N–H and O–H groups in total. The first-order valence-corrected chi connectivity index (χ1v) is 6.64. The average molecular weight is 217 g/mol. The lowest BCUT2D eigenvalue weighted by Gasteiger charge is -2.30. The Labute approximate surface area is 91.4 Å². The summed E-state index contributed by atoms with van der Waals surface area (Å²) >= 11 is 6.27. The van der Waals surface area contributed by atoms with Crippen LogP contribution in [0.3, 0.4) is 0 Å². The van der Waals surface area contributed by atoms with Crippen LogP contribution in [0.25, 0.3) is 0 Å². The smallest absolute Gasteiger partial charge is 0.0172 e. The van der Waals surface area contributed by atoms with E-state index >= 15 is 0 Å². The van der Waals surface area contributed by atoms with Gasteiger partial charge in [-0.05, 0) is 6.42 Å². The number of nitrogens with zero attached hydrogens (tertiary/aromatic N) is 1. The number of thiol groups is 1. The molecule has 1 saturated heterocycles. The molecule has 13 heavy (non-hydrogen) atoms. The van der Waals surface area contributed by atoms with Crippen LogP contribution in [0.1, 0.15) is 13.3 Å². The van der Waals surface area contributed by atoms with Gasteiger partial charge in [-0.3, -0.25) is 4.90 Å². The van der Waals surface area contributed by atoms with Gasteiger partial charge in [-0.1, -0.05) is 19.1 Å². The Kier molecular flexibility index (Phi) is 6.00. The largest absolute Gasteiger partial charge is 0.298 e. The van der Waals surface area contributed by atoms with Crippen LogP contribution in [0.15, 0.2) is 12.2 Å². The highest BCUT2D eigenvalue weighted by Crippen LogP contribution is 2.20. The lowest BCUT2D eigenvalue weighted by Crippen LogP contribution is -2.37. The normalized spacial score (nSPS) is 25.5. The minimum Gasteiger partial charge on any atom is -0.298 e. The molecule has 1 aliphatic rings. The molecule has 1 heterocycles. The summed E-state index contributed by atoms with van der Waals surface area (Å²) < 4.78 is 0. The monoisotopic (exact) mass is 217 g/mol. The third kappa shape index (κ3) is 4.43. The highest BCUT2D eigenvalue weighted by Gasteiger charge is 2.17.